The second-order valence-electron chi connectivity index (χ2n) is 5.17. The Balaban J connectivity index is 1.96. The first-order chi connectivity index (χ1) is 9.88. The van der Waals surface area contributed by atoms with E-state index in [1.165, 1.54) is 0 Å². The van der Waals surface area contributed by atoms with Gasteiger partial charge in [-0.25, -0.2) is 0 Å². The van der Waals surface area contributed by atoms with E-state index < -0.39 is 0 Å². The van der Waals surface area contributed by atoms with E-state index >= 15 is 0 Å². The van der Waals surface area contributed by atoms with Crippen molar-refractivity contribution in [2.24, 2.45) is 0 Å². The van der Waals surface area contributed by atoms with Crippen molar-refractivity contribution < 1.29 is 4.74 Å². The largest absolute Gasteiger partial charge is 0.490 e. The maximum atomic E-state index is 9.09. The molecule has 0 aromatic heterocycles. The van der Waals surface area contributed by atoms with Crippen molar-refractivity contribution in [3.8, 4) is 11.8 Å². The molecule has 0 aliphatic carbocycles. The van der Waals surface area contributed by atoms with Crippen LogP contribution in [0.15, 0.2) is 36.4 Å². The molecule has 0 bridgehead atoms. The fourth-order valence-electron chi connectivity index (χ4n) is 2.78. The van der Waals surface area contributed by atoms with Gasteiger partial charge < -0.3 is 10.1 Å². The summed E-state index contributed by atoms with van der Waals surface area (Å²) in [5.41, 5.74) is 1.02. The third kappa shape index (κ3) is 2.61. The summed E-state index contributed by atoms with van der Waals surface area (Å²) in [5.74, 6) is 0.872. The lowest BCUT2D eigenvalue weighted by Crippen LogP contribution is -2.34. The minimum atomic E-state index is 0.259. The number of benzene rings is 2. The van der Waals surface area contributed by atoms with Crippen LogP contribution in [0.1, 0.15) is 18.4 Å². The molecule has 1 fully saturated rings. The second-order valence-corrected chi connectivity index (χ2v) is 5.17. The van der Waals surface area contributed by atoms with Crippen LogP contribution in [0.25, 0.3) is 10.8 Å². The molecule has 20 heavy (non-hydrogen) atoms. The molecule has 2 aromatic carbocycles. The number of piperidine rings is 1. The Hall–Kier alpha value is -2.05. The summed E-state index contributed by atoms with van der Waals surface area (Å²) in [6, 6.07) is 14.5. The first-order valence-electron chi connectivity index (χ1n) is 7.13. The van der Waals surface area contributed by atoms with Crippen molar-refractivity contribution >= 4 is 10.8 Å². The van der Waals surface area contributed by atoms with Gasteiger partial charge in [-0.3, -0.25) is 0 Å². The third-order valence-corrected chi connectivity index (χ3v) is 3.83. The molecule has 1 saturated heterocycles. The molecule has 3 nitrogen and oxygen atoms in total. The van der Waals surface area contributed by atoms with Crippen molar-refractivity contribution in [3.05, 3.63) is 42.0 Å². The minimum absolute atomic E-state index is 0.259. The number of nitrogens with one attached hydrogen (secondary N) is 1. The molecule has 2 aromatic rings. The van der Waals surface area contributed by atoms with Crippen LogP contribution in [0.5, 0.6) is 5.75 Å². The van der Waals surface area contributed by atoms with Gasteiger partial charge in [0.25, 0.3) is 0 Å². The van der Waals surface area contributed by atoms with Gasteiger partial charge in [-0.05, 0) is 42.8 Å². The zero-order valence-corrected chi connectivity index (χ0v) is 11.4. The molecule has 0 atom stereocenters. The maximum Gasteiger partial charge on any atom is 0.124 e. The Labute approximate surface area is 119 Å². The van der Waals surface area contributed by atoms with Crippen molar-refractivity contribution in [1.82, 2.24) is 5.32 Å². The molecule has 3 heteroatoms. The summed E-state index contributed by atoms with van der Waals surface area (Å²) in [6.45, 7) is 2.01. The van der Waals surface area contributed by atoms with Crippen LogP contribution in [-0.4, -0.2) is 19.2 Å². The number of fused-ring (bicyclic) bond motifs is 1. The summed E-state index contributed by atoms with van der Waals surface area (Å²) in [6.07, 6.45) is 2.70. The number of nitriles is 1. The van der Waals surface area contributed by atoms with Gasteiger partial charge in [-0.1, -0.05) is 30.3 Å². The summed E-state index contributed by atoms with van der Waals surface area (Å²) in [5, 5.41) is 14.7. The van der Waals surface area contributed by atoms with Gasteiger partial charge >= 0.3 is 0 Å². The molecule has 1 aliphatic rings. The molecule has 0 amide bonds. The van der Waals surface area contributed by atoms with E-state index in [0.717, 1.165) is 48.0 Å². The van der Waals surface area contributed by atoms with Crippen LogP contribution in [0.3, 0.4) is 0 Å². The van der Waals surface area contributed by atoms with Crippen LogP contribution < -0.4 is 10.1 Å². The Morgan fingerprint density at radius 1 is 1.15 bits per heavy atom. The molecule has 0 saturated carbocycles. The van der Waals surface area contributed by atoms with Gasteiger partial charge in [0.15, 0.2) is 0 Å². The molecule has 102 valence electrons. The van der Waals surface area contributed by atoms with Crippen LogP contribution in [0.2, 0.25) is 0 Å². The summed E-state index contributed by atoms with van der Waals surface area (Å²) >= 11 is 0. The molecule has 1 aliphatic heterocycles. The van der Waals surface area contributed by atoms with Gasteiger partial charge in [0.2, 0.25) is 0 Å². The van der Waals surface area contributed by atoms with E-state index in [4.69, 9.17) is 10.00 Å². The Morgan fingerprint density at radius 3 is 2.75 bits per heavy atom. The highest BCUT2D eigenvalue weighted by molar-refractivity contribution is 5.88. The van der Waals surface area contributed by atoms with Crippen molar-refractivity contribution in [2.75, 3.05) is 13.1 Å². The number of hydrogen-bond donors (Lipinski definition) is 1. The Kier molecular flexibility index (Phi) is 3.85. The summed E-state index contributed by atoms with van der Waals surface area (Å²) < 4.78 is 6.16. The standard InChI is InChI=1S/C17H18N2O/c18-10-7-16-15-4-2-1-3-13(15)5-6-17(16)20-14-8-11-19-12-9-14/h1-6,14,19H,7-9,11-12H2. The van der Waals surface area contributed by atoms with E-state index in [1.54, 1.807) is 0 Å². The fourth-order valence-corrected chi connectivity index (χ4v) is 2.78. The topological polar surface area (TPSA) is 45.0 Å². The lowest BCUT2D eigenvalue weighted by atomic mass is 10.0. The first kappa shape index (κ1) is 13.0. The zero-order chi connectivity index (χ0) is 13.8. The normalized spacial score (nSPS) is 15.9. The van der Waals surface area contributed by atoms with Gasteiger partial charge in [0.05, 0.1) is 12.5 Å². The molecule has 0 unspecified atom stereocenters. The van der Waals surface area contributed by atoms with Gasteiger partial charge in [-0.2, -0.15) is 5.26 Å². The van der Waals surface area contributed by atoms with Crippen LogP contribution in [0, 0.1) is 11.3 Å². The van der Waals surface area contributed by atoms with Crippen LogP contribution in [-0.2, 0) is 6.42 Å². The van der Waals surface area contributed by atoms with Crippen LogP contribution in [0.4, 0.5) is 0 Å². The Morgan fingerprint density at radius 2 is 1.95 bits per heavy atom. The molecule has 0 radical (unpaired) electrons. The molecular formula is C17H18N2O. The smallest absolute Gasteiger partial charge is 0.124 e. The summed E-state index contributed by atoms with van der Waals surface area (Å²) in [7, 11) is 0. The van der Waals surface area contributed by atoms with Gasteiger partial charge in [0.1, 0.15) is 11.9 Å². The highest BCUT2D eigenvalue weighted by atomic mass is 16.5. The van der Waals surface area contributed by atoms with Crippen molar-refractivity contribution in [2.45, 2.75) is 25.4 Å². The van der Waals surface area contributed by atoms with E-state index in [1.807, 2.05) is 18.2 Å². The lowest BCUT2D eigenvalue weighted by Gasteiger charge is -2.25. The Bertz CT molecular complexity index is 639. The van der Waals surface area contributed by atoms with E-state index in [0.29, 0.717) is 6.42 Å². The average Bonchev–Trinajstić information content (AvgIpc) is 2.51. The van der Waals surface area contributed by atoms with Crippen LogP contribution >= 0.6 is 0 Å². The number of rotatable bonds is 3. The number of nitrogens with zero attached hydrogens (tertiary/aromatic N) is 1. The first-order valence-corrected chi connectivity index (χ1v) is 7.13. The van der Waals surface area contributed by atoms with E-state index in [2.05, 4.69) is 29.6 Å². The molecule has 3 rings (SSSR count). The van der Waals surface area contributed by atoms with E-state index in [-0.39, 0.29) is 6.10 Å². The van der Waals surface area contributed by atoms with Crippen molar-refractivity contribution in [3.63, 3.8) is 0 Å². The van der Waals surface area contributed by atoms with Gasteiger partial charge in [0, 0.05) is 5.56 Å². The highest BCUT2D eigenvalue weighted by Crippen LogP contribution is 2.30. The minimum Gasteiger partial charge on any atom is -0.490 e. The second kappa shape index (κ2) is 5.94. The molecule has 1 N–H and O–H groups in total. The number of ether oxygens (including phenoxy) is 1. The summed E-state index contributed by atoms with van der Waals surface area (Å²) in [4.78, 5) is 0. The van der Waals surface area contributed by atoms with Crippen molar-refractivity contribution in [1.29, 1.82) is 5.26 Å². The monoisotopic (exact) mass is 266 g/mol. The average molecular weight is 266 g/mol. The maximum absolute atomic E-state index is 9.09. The predicted molar refractivity (Wildman–Crippen MR) is 79.8 cm³/mol. The SMILES string of the molecule is N#CCc1c(OC2CCNCC2)ccc2ccccc12. The zero-order valence-electron chi connectivity index (χ0n) is 11.4. The molecule has 0 spiro atoms. The lowest BCUT2D eigenvalue weighted by molar-refractivity contribution is 0.161. The molecule has 1 heterocycles. The quantitative estimate of drug-likeness (QED) is 0.928. The molecular weight excluding hydrogens is 248 g/mol. The highest BCUT2D eigenvalue weighted by Gasteiger charge is 2.17. The third-order valence-electron chi connectivity index (χ3n) is 3.83. The van der Waals surface area contributed by atoms with Gasteiger partial charge in [-0.15, -0.1) is 0 Å². The number of hydrogen-bond acceptors (Lipinski definition) is 3. The van der Waals surface area contributed by atoms with E-state index in [9.17, 15) is 0 Å². The fraction of sp³-hybridized carbons (Fsp3) is 0.353. The predicted octanol–water partition coefficient (Wildman–Crippen LogP) is 3.04.